The average Bonchev–Trinajstić information content (AvgIpc) is 2.39. The van der Waals surface area contributed by atoms with E-state index in [9.17, 15) is 18.0 Å². The van der Waals surface area contributed by atoms with Gasteiger partial charge in [-0.05, 0) is 35.4 Å². The molecule has 110 valence electrons. The Hall–Kier alpha value is -2.50. The number of hydrogen-bond donors (Lipinski definition) is 2. The van der Waals surface area contributed by atoms with Gasteiger partial charge in [0.05, 0.1) is 12.0 Å². The molecule has 2 aromatic carbocycles. The number of halogens is 3. The summed E-state index contributed by atoms with van der Waals surface area (Å²) >= 11 is 0. The van der Waals surface area contributed by atoms with Crippen LogP contribution in [0.2, 0.25) is 0 Å². The number of carboxylic acids is 1. The van der Waals surface area contributed by atoms with E-state index in [-0.39, 0.29) is 6.42 Å². The number of rotatable bonds is 3. The van der Waals surface area contributed by atoms with Crippen molar-refractivity contribution in [3.05, 3.63) is 53.6 Å². The molecular formula is C15H12F3NO2. The van der Waals surface area contributed by atoms with E-state index in [0.717, 1.165) is 12.1 Å². The molecule has 21 heavy (non-hydrogen) atoms. The van der Waals surface area contributed by atoms with E-state index in [1.165, 1.54) is 12.1 Å². The molecule has 0 radical (unpaired) electrons. The lowest BCUT2D eigenvalue weighted by atomic mass is 9.99. The van der Waals surface area contributed by atoms with Crippen molar-refractivity contribution in [1.29, 1.82) is 0 Å². The van der Waals surface area contributed by atoms with Gasteiger partial charge >= 0.3 is 12.1 Å². The van der Waals surface area contributed by atoms with Gasteiger partial charge in [0.15, 0.2) is 0 Å². The molecule has 0 spiro atoms. The van der Waals surface area contributed by atoms with Crippen molar-refractivity contribution in [3.8, 4) is 11.1 Å². The van der Waals surface area contributed by atoms with Crippen LogP contribution in [-0.2, 0) is 17.4 Å². The van der Waals surface area contributed by atoms with Crippen LogP contribution in [0.4, 0.5) is 18.9 Å². The van der Waals surface area contributed by atoms with Crippen LogP contribution in [0.15, 0.2) is 42.5 Å². The maximum Gasteiger partial charge on any atom is 0.416 e. The van der Waals surface area contributed by atoms with Crippen LogP contribution in [0, 0.1) is 0 Å². The Bertz CT molecular complexity index is 664. The molecule has 0 aliphatic heterocycles. The largest absolute Gasteiger partial charge is 0.481 e. The summed E-state index contributed by atoms with van der Waals surface area (Å²) in [7, 11) is 0. The van der Waals surface area contributed by atoms with Gasteiger partial charge in [-0.15, -0.1) is 0 Å². The Morgan fingerprint density at radius 1 is 1.10 bits per heavy atom. The van der Waals surface area contributed by atoms with Crippen molar-refractivity contribution < 1.29 is 23.1 Å². The molecule has 0 aliphatic rings. The van der Waals surface area contributed by atoms with Crippen molar-refractivity contribution in [2.45, 2.75) is 12.6 Å². The number of aliphatic carboxylic acids is 1. The normalized spacial score (nSPS) is 11.4. The minimum absolute atomic E-state index is 0.173. The van der Waals surface area contributed by atoms with Crippen molar-refractivity contribution >= 4 is 11.7 Å². The summed E-state index contributed by atoms with van der Waals surface area (Å²) in [6.45, 7) is 0. The maximum absolute atomic E-state index is 12.5. The van der Waals surface area contributed by atoms with Gasteiger partial charge in [-0.25, -0.2) is 0 Å². The molecule has 0 aliphatic carbocycles. The topological polar surface area (TPSA) is 63.3 Å². The molecule has 0 amide bonds. The number of anilines is 1. The van der Waals surface area contributed by atoms with Crippen LogP contribution in [0.5, 0.6) is 0 Å². The van der Waals surface area contributed by atoms with E-state index >= 15 is 0 Å². The smallest absolute Gasteiger partial charge is 0.416 e. The van der Waals surface area contributed by atoms with Gasteiger partial charge in [0.2, 0.25) is 0 Å². The molecule has 0 atom stereocenters. The Kier molecular flexibility index (Phi) is 3.88. The third-order valence-electron chi connectivity index (χ3n) is 3.00. The number of hydrogen-bond acceptors (Lipinski definition) is 2. The molecule has 0 heterocycles. The molecular weight excluding hydrogens is 283 g/mol. The van der Waals surface area contributed by atoms with Gasteiger partial charge in [-0.1, -0.05) is 18.2 Å². The molecule has 0 unspecified atom stereocenters. The Morgan fingerprint density at radius 2 is 1.71 bits per heavy atom. The molecule has 2 aromatic rings. The highest BCUT2D eigenvalue weighted by Gasteiger charge is 2.30. The fraction of sp³-hybridized carbons (Fsp3) is 0.133. The van der Waals surface area contributed by atoms with Crippen LogP contribution >= 0.6 is 0 Å². The first-order valence-corrected chi connectivity index (χ1v) is 6.05. The van der Waals surface area contributed by atoms with E-state index in [2.05, 4.69) is 0 Å². The fourth-order valence-electron chi connectivity index (χ4n) is 1.98. The Morgan fingerprint density at radius 3 is 2.24 bits per heavy atom. The number of carbonyl (C=O) groups is 1. The van der Waals surface area contributed by atoms with Crippen molar-refractivity contribution in [2.75, 3.05) is 5.73 Å². The first kappa shape index (κ1) is 14.9. The quantitative estimate of drug-likeness (QED) is 0.851. The zero-order valence-corrected chi connectivity index (χ0v) is 10.8. The predicted molar refractivity (Wildman–Crippen MR) is 72.6 cm³/mol. The predicted octanol–water partition coefficient (Wildman–Crippen LogP) is 3.58. The van der Waals surface area contributed by atoms with E-state index < -0.39 is 17.7 Å². The third kappa shape index (κ3) is 3.53. The van der Waals surface area contributed by atoms with Crippen LogP contribution in [-0.4, -0.2) is 11.1 Å². The second-order valence-electron chi connectivity index (χ2n) is 4.57. The second-order valence-corrected chi connectivity index (χ2v) is 4.57. The van der Waals surface area contributed by atoms with Gasteiger partial charge in [0.1, 0.15) is 0 Å². The standard InChI is InChI=1S/C15H12F3NO2/c16-15(17,18)11-4-2-10(3-5-11)12-7-9(8-14(20)21)1-6-13(12)19/h1-7H,8,19H2,(H,20,21). The number of nitrogens with two attached hydrogens (primary N) is 1. The molecule has 6 heteroatoms. The summed E-state index contributed by atoms with van der Waals surface area (Å²) in [5.74, 6) is -0.988. The Balaban J connectivity index is 2.39. The van der Waals surface area contributed by atoms with E-state index in [1.54, 1.807) is 18.2 Å². The van der Waals surface area contributed by atoms with Crippen molar-refractivity contribution in [3.63, 3.8) is 0 Å². The molecule has 3 nitrogen and oxygen atoms in total. The average molecular weight is 295 g/mol. The van der Waals surface area contributed by atoms with Crippen molar-refractivity contribution in [2.24, 2.45) is 0 Å². The minimum Gasteiger partial charge on any atom is -0.481 e. The zero-order chi connectivity index (χ0) is 15.6. The summed E-state index contributed by atoms with van der Waals surface area (Å²) in [5.41, 5.74) is 7.00. The molecule has 3 N–H and O–H groups in total. The van der Waals surface area contributed by atoms with Gasteiger partial charge in [0.25, 0.3) is 0 Å². The van der Waals surface area contributed by atoms with Gasteiger partial charge in [-0.3, -0.25) is 4.79 Å². The third-order valence-corrected chi connectivity index (χ3v) is 3.00. The maximum atomic E-state index is 12.5. The molecule has 0 aromatic heterocycles. The molecule has 0 bridgehead atoms. The lowest BCUT2D eigenvalue weighted by Gasteiger charge is -2.10. The number of alkyl halides is 3. The number of nitrogen functional groups attached to an aromatic ring is 1. The van der Waals surface area contributed by atoms with E-state index in [4.69, 9.17) is 10.8 Å². The van der Waals surface area contributed by atoms with Crippen LogP contribution in [0.25, 0.3) is 11.1 Å². The lowest BCUT2D eigenvalue weighted by molar-refractivity contribution is -0.138. The van der Waals surface area contributed by atoms with E-state index in [0.29, 0.717) is 22.4 Å². The van der Waals surface area contributed by atoms with Crippen LogP contribution < -0.4 is 5.73 Å². The van der Waals surface area contributed by atoms with Gasteiger partial charge in [-0.2, -0.15) is 13.2 Å². The minimum atomic E-state index is -4.39. The summed E-state index contributed by atoms with van der Waals surface area (Å²) in [4.78, 5) is 10.7. The Labute approximate surface area is 118 Å². The molecule has 0 saturated carbocycles. The molecule has 2 rings (SSSR count). The first-order chi connectivity index (χ1) is 9.77. The SMILES string of the molecule is Nc1ccc(CC(=O)O)cc1-c1ccc(C(F)(F)F)cc1. The first-order valence-electron chi connectivity index (χ1n) is 6.05. The highest BCUT2D eigenvalue weighted by Crippen LogP contribution is 2.32. The van der Waals surface area contributed by atoms with Crippen LogP contribution in [0.3, 0.4) is 0 Å². The fourth-order valence-corrected chi connectivity index (χ4v) is 1.98. The monoisotopic (exact) mass is 295 g/mol. The lowest BCUT2D eigenvalue weighted by Crippen LogP contribution is -2.04. The number of benzene rings is 2. The highest BCUT2D eigenvalue weighted by atomic mass is 19.4. The van der Waals surface area contributed by atoms with Gasteiger partial charge < -0.3 is 10.8 Å². The highest BCUT2D eigenvalue weighted by molar-refractivity contribution is 5.79. The summed E-state index contributed by atoms with van der Waals surface area (Å²) < 4.78 is 37.6. The zero-order valence-electron chi connectivity index (χ0n) is 10.8. The summed E-state index contributed by atoms with van der Waals surface area (Å²) in [6, 6.07) is 9.28. The van der Waals surface area contributed by atoms with Crippen molar-refractivity contribution in [1.82, 2.24) is 0 Å². The summed E-state index contributed by atoms with van der Waals surface area (Å²) in [5, 5.41) is 8.77. The number of carboxylic acid groups (broad SMARTS) is 1. The van der Waals surface area contributed by atoms with Gasteiger partial charge in [0, 0.05) is 11.3 Å². The van der Waals surface area contributed by atoms with E-state index in [1.807, 2.05) is 0 Å². The second kappa shape index (κ2) is 5.47. The summed E-state index contributed by atoms with van der Waals surface area (Å²) in [6.07, 6.45) is -4.57. The molecule has 0 fully saturated rings. The van der Waals surface area contributed by atoms with Crippen LogP contribution in [0.1, 0.15) is 11.1 Å². The molecule has 0 saturated heterocycles.